The Kier molecular flexibility index (Phi) is 8.22. The SMILES string of the molecule is CCOCCN(C)c1ncccc1C(=N)O/C(N)=N/C1N=C(c2ccccc2)c2ccccc2NC1=O. The third kappa shape index (κ3) is 6.17. The number of likely N-dealkylation sites (N-methyl/N-ethyl adjacent to an activating group) is 1. The summed E-state index contributed by atoms with van der Waals surface area (Å²) in [6, 6.07) is 20.0. The molecule has 2 aromatic carbocycles. The van der Waals surface area contributed by atoms with Gasteiger partial charge in [-0.1, -0.05) is 48.5 Å². The van der Waals surface area contributed by atoms with Gasteiger partial charge in [0.15, 0.2) is 0 Å². The molecule has 0 spiro atoms. The molecule has 0 bridgehead atoms. The Morgan fingerprint density at radius 2 is 1.89 bits per heavy atom. The Balaban J connectivity index is 1.59. The number of amides is 1. The molecule has 2 heterocycles. The number of benzodiazepines with no additional fused rings is 1. The molecule has 4 rings (SSSR count). The van der Waals surface area contributed by atoms with Crippen molar-refractivity contribution in [2.45, 2.75) is 13.1 Å². The molecule has 10 nitrogen and oxygen atoms in total. The number of hydrogen-bond donors (Lipinski definition) is 3. The third-order valence-electron chi connectivity index (χ3n) is 5.60. The van der Waals surface area contributed by atoms with Crippen LogP contribution in [0, 0.1) is 5.41 Å². The first-order valence-corrected chi connectivity index (χ1v) is 11.9. The predicted octanol–water partition coefficient (Wildman–Crippen LogP) is 3.03. The summed E-state index contributed by atoms with van der Waals surface area (Å²) in [6.07, 6.45) is 0.423. The van der Waals surface area contributed by atoms with Crippen molar-refractivity contribution in [3.8, 4) is 0 Å². The second-order valence-corrected chi connectivity index (χ2v) is 8.14. The van der Waals surface area contributed by atoms with Gasteiger partial charge in [0.05, 0.1) is 23.6 Å². The van der Waals surface area contributed by atoms with Crippen molar-refractivity contribution in [2.75, 3.05) is 37.0 Å². The molecule has 4 N–H and O–H groups in total. The molecule has 0 saturated carbocycles. The van der Waals surface area contributed by atoms with Gasteiger partial charge in [0.1, 0.15) is 5.82 Å². The molecule has 37 heavy (non-hydrogen) atoms. The predicted molar refractivity (Wildman–Crippen MR) is 144 cm³/mol. The smallest absolute Gasteiger partial charge is 0.291 e. The van der Waals surface area contributed by atoms with Crippen LogP contribution >= 0.6 is 0 Å². The number of ether oxygens (including phenoxy) is 2. The van der Waals surface area contributed by atoms with E-state index in [1.165, 1.54) is 0 Å². The maximum Gasteiger partial charge on any atom is 0.291 e. The minimum atomic E-state index is -1.21. The first kappa shape index (κ1) is 25.5. The van der Waals surface area contributed by atoms with Crippen LogP contribution in [0.4, 0.5) is 11.5 Å². The van der Waals surface area contributed by atoms with E-state index in [1.807, 2.05) is 67.4 Å². The molecule has 190 valence electrons. The van der Waals surface area contributed by atoms with Crippen LogP contribution < -0.4 is 16.0 Å². The average molecular weight is 500 g/mol. The summed E-state index contributed by atoms with van der Waals surface area (Å²) in [7, 11) is 1.85. The number of aliphatic imine (C=N–C) groups is 2. The summed E-state index contributed by atoms with van der Waals surface area (Å²) in [4.78, 5) is 28.1. The highest BCUT2D eigenvalue weighted by molar-refractivity contribution is 6.19. The molecule has 3 aromatic rings. The number of aromatic nitrogens is 1. The van der Waals surface area contributed by atoms with Crippen LogP contribution in [-0.2, 0) is 14.3 Å². The molecule has 1 amide bonds. The molecule has 1 aliphatic rings. The van der Waals surface area contributed by atoms with E-state index < -0.39 is 12.1 Å². The topological polar surface area (TPSA) is 138 Å². The van der Waals surface area contributed by atoms with Crippen molar-refractivity contribution >= 4 is 35.0 Å². The fraction of sp³-hybridized carbons (Fsp3) is 0.222. The summed E-state index contributed by atoms with van der Waals surface area (Å²) in [5.41, 5.74) is 9.28. The van der Waals surface area contributed by atoms with Crippen LogP contribution in [0.3, 0.4) is 0 Å². The molecule has 1 atom stereocenters. The van der Waals surface area contributed by atoms with Crippen LogP contribution in [0.25, 0.3) is 0 Å². The fourth-order valence-electron chi connectivity index (χ4n) is 3.80. The van der Waals surface area contributed by atoms with Gasteiger partial charge >= 0.3 is 0 Å². The number of pyridine rings is 1. The van der Waals surface area contributed by atoms with Gasteiger partial charge in [-0.25, -0.2) is 9.98 Å². The maximum absolute atomic E-state index is 13.0. The Morgan fingerprint density at radius 1 is 1.14 bits per heavy atom. The van der Waals surface area contributed by atoms with E-state index >= 15 is 0 Å². The highest BCUT2D eigenvalue weighted by Gasteiger charge is 2.26. The van der Waals surface area contributed by atoms with Gasteiger partial charge in [-0.15, -0.1) is 0 Å². The lowest BCUT2D eigenvalue weighted by Gasteiger charge is -2.21. The van der Waals surface area contributed by atoms with Crippen molar-refractivity contribution in [2.24, 2.45) is 15.7 Å². The zero-order valence-corrected chi connectivity index (χ0v) is 20.7. The van der Waals surface area contributed by atoms with Gasteiger partial charge in [-0.3, -0.25) is 10.2 Å². The third-order valence-corrected chi connectivity index (χ3v) is 5.60. The number of rotatable bonds is 8. The zero-order chi connectivity index (χ0) is 26.2. The normalized spacial score (nSPS) is 15.2. The minimum Gasteiger partial charge on any atom is -0.407 e. The Bertz CT molecular complexity index is 1320. The number of anilines is 2. The van der Waals surface area contributed by atoms with Crippen molar-refractivity contribution in [3.05, 3.63) is 89.6 Å². The molecule has 1 unspecified atom stereocenters. The summed E-state index contributed by atoms with van der Waals surface area (Å²) in [5, 5.41) is 11.3. The Labute approximate surface area is 215 Å². The van der Waals surface area contributed by atoms with E-state index in [0.717, 1.165) is 11.1 Å². The number of nitrogens with one attached hydrogen (secondary N) is 2. The number of nitrogens with zero attached hydrogens (tertiary/aromatic N) is 4. The lowest BCUT2D eigenvalue weighted by molar-refractivity contribution is -0.117. The molecular weight excluding hydrogens is 470 g/mol. The van der Waals surface area contributed by atoms with Crippen molar-refractivity contribution in [1.29, 1.82) is 5.41 Å². The van der Waals surface area contributed by atoms with Crippen LogP contribution in [0.15, 0.2) is 82.9 Å². The van der Waals surface area contributed by atoms with Gasteiger partial charge < -0.3 is 25.4 Å². The lowest BCUT2D eigenvalue weighted by Crippen LogP contribution is -2.30. The standard InChI is InChI=1S/C27H29N7O3/c1-3-36-17-16-34(2)25-20(13-9-15-30-25)23(28)37-27(29)33-24-26(35)31-21-14-8-7-12-19(21)22(32-24)18-10-5-4-6-11-18/h4-15,24,28H,3,16-17H2,1-2H3,(H2,29,33)(H,31,35). The van der Waals surface area contributed by atoms with Crippen LogP contribution in [0.5, 0.6) is 0 Å². The van der Waals surface area contributed by atoms with E-state index in [4.69, 9.17) is 20.6 Å². The summed E-state index contributed by atoms with van der Waals surface area (Å²) in [6.45, 7) is 3.64. The molecule has 0 saturated heterocycles. The fourth-order valence-corrected chi connectivity index (χ4v) is 3.80. The summed E-state index contributed by atoms with van der Waals surface area (Å²) >= 11 is 0. The highest BCUT2D eigenvalue weighted by Crippen LogP contribution is 2.24. The van der Waals surface area contributed by atoms with Crippen molar-refractivity contribution < 1.29 is 14.3 Å². The Morgan fingerprint density at radius 3 is 2.68 bits per heavy atom. The Hall–Kier alpha value is -4.57. The first-order valence-electron chi connectivity index (χ1n) is 11.9. The van der Waals surface area contributed by atoms with Gasteiger partial charge in [0, 0.05) is 37.5 Å². The van der Waals surface area contributed by atoms with Gasteiger partial charge in [0.2, 0.25) is 12.1 Å². The van der Waals surface area contributed by atoms with E-state index in [9.17, 15) is 4.79 Å². The summed E-state index contributed by atoms with van der Waals surface area (Å²) < 4.78 is 10.9. The maximum atomic E-state index is 13.0. The van der Waals surface area contributed by atoms with Gasteiger partial charge in [-0.2, -0.15) is 4.99 Å². The number of hydrogen-bond acceptors (Lipinski definition) is 8. The van der Waals surface area contributed by atoms with Crippen LogP contribution in [0.2, 0.25) is 0 Å². The van der Waals surface area contributed by atoms with E-state index in [-0.39, 0.29) is 11.9 Å². The second kappa shape index (κ2) is 11.9. The molecule has 0 fully saturated rings. The number of benzene rings is 2. The number of carbonyl (C=O) groups is 1. The zero-order valence-electron chi connectivity index (χ0n) is 20.7. The largest absolute Gasteiger partial charge is 0.407 e. The van der Waals surface area contributed by atoms with Crippen molar-refractivity contribution in [1.82, 2.24) is 4.98 Å². The number of para-hydroxylation sites is 1. The number of carbonyl (C=O) groups excluding carboxylic acids is 1. The summed E-state index contributed by atoms with van der Waals surface area (Å²) in [5.74, 6) is -0.182. The van der Waals surface area contributed by atoms with Crippen molar-refractivity contribution in [3.63, 3.8) is 0 Å². The number of amidine groups is 1. The molecule has 0 aliphatic carbocycles. The van der Waals surface area contributed by atoms with Gasteiger partial charge in [0.25, 0.3) is 11.9 Å². The molecular formula is C27H29N7O3. The molecule has 0 radical (unpaired) electrons. The van der Waals surface area contributed by atoms with E-state index in [2.05, 4.69) is 20.3 Å². The van der Waals surface area contributed by atoms with Gasteiger partial charge in [-0.05, 0) is 25.1 Å². The monoisotopic (exact) mass is 499 g/mol. The van der Waals surface area contributed by atoms with Crippen LogP contribution in [-0.4, -0.2) is 61.5 Å². The first-order chi connectivity index (χ1) is 18.0. The van der Waals surface area contributed by atoms with E-state index in [0.29, 0.717) is 42.5 Å². The average Bonchev–Trinajstić information content (AvgIpc) is 3.05. The second-order valence-electron chi connectivity index (χ2n) is 8.14. The number of fused-ring (bicyclic) bond motifs is 1. The van der Waals surface area contributed by atoms with Crippen LogP contribution in [0.1, 0.15) is 23.6 Å². The number of nitrogens with two attached hydrogens (primary N) is 1. The minimum absolute atomic E-state index is 0.253. The van der Waals surface area contributed by atoms with E-state index in [1.54, 1.807) is 24.4 Å². The lowest BCUT2D eigenvalue weighted by atomic mass is 10.0. The highest BCUT2D eigenvalue weighted by atomic mass is 16.5. The molecule has 1 aliphatic heterocycles. The quantitative estimate of drug-likeness (QED) is 0.247. The molecule has 10 heteroatoms. The molecule has 1 aromatic heterocycles.